The first-order valence-electron chi connectivity index (χ1n) is 5.38. The fourth-order valence-electron chi connectivity index (χ4n) is 2.16. The van der Waals surface area contributed by atoms with Crippen LogP contribution < -0.4 is 4.74 Å². The van der Waals surface area contributed by atoms with Gasteiger partial charge >= 0.3 is 5.97 Å². The number of aromatic nitrogens is 1. The molecule has 0 saturated carbocycles. The van der Waals surface area contributed by atoms with Gasteiger partial charge in [0.05, 0.1) is 18.2 Å². The summed E-state index contributed by atoms with van der Waals surface area (Å²) in [6, 6.07) is 5.23. The number of ether oxygens (including phenoxy) is 1. The number of rotatable bonds is 3. The molecule has 0 fully saturated rings. The van der Waals surface area contributed by atoms with E-state index in [1.165, 1.54) is 7.11 Å². The number of aliphatic carboxylic acids is 1. The topological polar surface area (TPSA) is 68.5 Å². The molecule has 0 radical (unpaired) electrons. The predicted octanol–water partition coefficient (Wildman–Crippen LogP) is 1.76. The lowest BCUT2D eigenvalue weighted by Crippen LogP contribution is -2.13. The summed E-state index contributed by atoms with van der Waals surface area (Å²) in [5.41, 5.74) is 1.56. The number of nitrogens with zero attached hydrogens (tertiary/aromatic N) is 1. The van der Waals surface area contributed by atoms with Crippen molar-refractivity contribution in [2.75, 3.05) is 7.11 Å². The molecule has 94 valence electrons. The van der Waals surface area contributed by atoms with Gasteiger partial charge in [0, 0.05) is 18.1 Å². The number of hydrogen-bond donors (Lipinski definition) is 1. The van der Waals surface area contributed by atoms with Crippen molar-refractivity contribution < 1.29 is 19.4 Å². The second-order valence-electron chi connectivity index (χ2n) is 4.01. The zero-order valence-corrected chi connectivity index (χ0v) is 10.4. The van der Waals surface area contributed by atoms with Crippen molar-refractivity contribution in [1.82, 2.24) is 4.57 Å². The molecule has 1 aromatic carbocycles. The number of carboxylic acid groups (broad SMARTS) is 1. The molecule has 18 heavy (non-hydrogen) atoms. The van der Waals surface area contributed by atoms with Gasteiger partial charge in [0.15, 0.2) is 0 Å². The van der Waals surface area contributed by atoms with Crippen LogP contribution in [0.2, 0.25) is 0 Å². The van der Waals surface area contributed by atoms with Crippen LogP contribution in [0.5, 0.6) is 5.75 Å². The normalized spacial score (nSPS) is 10.6. The Bertz CT molecular complexity index is 655. The highest BCUT2D eigenvalue weighted by molar-refractivity contribution is 6.42. The van der Waals surface area contributed by atoms with E-state index >= 15 is 0 Å². The number of methoxy groups -OCH3 is 1. The van der Waals surface area contributed by atoms with Crippen LogP contribution in [-0.2, 0) is 11.8 Å². The van der Waals surface area contributed by atoms with Crippen LogP contribution >= 0.6 is 0 Å². The maximum Gasteiger partial charge on any atom is 0.377 e. The Morgan fingerprint density at radius 2 is 2.00 bits per heavy atom. The van der Waals surface area contributed by atoms with Gasteiger partial charge in [-0.3, -0.25) is 4.79 Å². The van der Waals surface area contributed by atoms with Crippen LogP contribution in [0.1, 0.15) is 16.1 Å². The van der Waals surface area contributed by atoms with E-state index in [0.29, 0.717) is 16.8 Å². The molecule has 0 bridgehead atoms. The lowest BCUT2D eigenvalue weighted by Gasteiger charge is -2.04. The van der Waals surface area contributed by atoms with E-state index in [0.717, 1.165) is 5.52 Å². The van der Waals surface area contributed by atoms with Crippen molar-refractivity contribution in [2.24, 2.45) is 7.05 Å². The molecule has 2 rings (SSSR count). The lowest BCUT2D eigenvalue weighted by molar-refractivity contribution is -0.131. The second kappa shape index (κ2) is 4.18. The number of aryl methyl sites for hydroxylation is 1. The van der Waals surface area contributed by atoms with E-state index in [4.69, 9.17) is 9.84 Å². The molecule has 0 amide bonds. The Balaban J connectivity index is 2.88. The standard InChI is InChI=1S/C13H13NO4/c1-7-10(12(15)13(16)17)8-5-4-6-9(18-3)11(8)14(7)2/h4-6H,1-3H3,(H,16,17). The summed E-state index contributed by atoms with van der Waals surface area (Å²) in [6.45, 7) is 1.72. The van der Waals surface area contributed by atoms with Crippen LogP contribution in [0.15, 0.2) is 18.2 Å². The molecule has 1 heterocycles. The molecule has 0 spiro atoms. The van der Waals surface area contributed by atoms with Gasteiger partial charge in [0.25, 0.3) is 5.78 Å². The molecule has 0 atom stereocenters. The number of hydrogen-bond acceptors (Lipinski definition) is 3. The fraction of sp³-hybridized carbons (Fsp3) is 0.231. The van der Waals surface area contributed by atoms with Gasteiger partial charge in [-0.1, -0.05) is 12.1 Å². The highest BCUT2D eigenvalue weighted by Gasteiger charge is 2.24. The highest BCUT2D eigenvalue weighted by atomic mass is 16.5. The van der Waals surface area contributed by atoms with Gasteiger partial charge in [-0.2, -0.15) is 0 Å². The second-order valence-corrected chi connectivity index (χ2v) is 4.01. The number of carboxylic acids is 1. The molecule has 0 aliphatic heterocycles. The molecular weight excluding hydrogens is 234 g/mol. The first kappa shape index (κ1) is 12.2. The summed E-state index contributed by atoms with van der Waals surface area (Å²) < 4.78 is 7.01. The fourth-order valence-corrected chi connectivity index (χ4v) is 2.16. The smallest absolute Gasteiger partial charge is 0.377 e. The SMILES string of the molecule is COc1cccc2c(C(=O)C(=O)O)c(C)n(C)c12. The van der Waals surface area contributed by atoms with Crippen LogP contribution in [0.4, 0.5) is 0 Å². The summed E-state index contributed by atoms with van der Waals surface area (Å²) in [6.07, 6.45) is 0. The minimum absolute atomic E-state index is 0.221. The van der Waals surface area contributed by atoms with Gasteiger partial charge in [-0.05, 0) is 13.0 Å². The van der Waals surface area contributed by atoms with Crippen molar-refractivity contribution in [1.29, 1.82) is 0 Å². The summed E-state index contributed by atoms with van der Waals surface area (Å²) in [4.78, 5) is 22.6. The molecule has 5 heteroatoms. The van der Waals surface area contributed by atoms with Crippen LogP contribution in [0, 0.1) is 6.92 Å². The van der Waals surface area contributed by atoms with Crippen LogP contribution in [-0.4, -0.2) is 28.5 Å². The number of carbonyl (C=O) groups is 2. The van der Waals surface area contributed by atoms with Gasteiger partial charge in [-0.25, -0.2) is 4.79 Å². The summed E-state index contributed by atoms with van der Waals surface area (Å²) >= 11 is 0. The predicted molar refractivity (Wildman–Crippen MR) is 66.2 cm³/mol. The van der Waals surface area contributed by atoms with Crippen LogP contribution in [0.3, 0.4) is 0 Å². The Morgan fingerprint density at radius 1 is 1.33 bits per heavy atom. The number of benzene rings is 1. The zero-order valence-electron chi connectivity index (χ0n) is 10.4. The summed E-state index contributed by atoms with van der Waals surface area (Å²) in [5, 5.41) is 9.46. The maximum atomic E-state index is 11.7. The van der Waals surface area contributed by atoms with E-state index in [-0.39, 0.29) is 5.56 Å². The number of ketones is 1. The molecular formula is C13H13NO4. The van der Waals surface area contributed by atoms with E-state index in [2.05, 4.69) is 0 Å². The average Bonchev–Trinajstić information content (AvgIpc) is 2.61. The van der Waals surface area contributed by atoms with Crippen LogP contribution in [0.25, 0.3) is 10.9 Å². The number of Topliss-reactive ketones (excluding diaryl/α,β-unsaturated/α-hetero) is 1. The number of carbonyl (C=O) groups excluding carboxylic acids is 1. The first-order valence-corrected chi connectivity index (χ1v) is 5.38. The highest BCUT2D eigenvalue weighted by Crippen LogP contribution is 2.32. The van der Waals surface area contributed by atoms with Gasteiger partial charge < -0.3 is 14.4 Å². The Morgan fingerprint density at radius 3 is 2.56 bits per heavy atom. The molecule has 5 nitrogen and oxygen atoms in total. The van der Waals surface area contributed by atoms with Gasteiger partial charge in [0.1, 0.15) is 5.75 Å². The van der Waals surface area contributed by atoms with Gasteiger partial charge in [-0.15, -0.1) is 0 Å². The van der Waals surface area contributed by atoms with E-state index in [9.17, 15) is 9.59 Å². The molecule has 1 aromatic heterocycles. The Labute approximate surface area is 104 Å². The van der Waals surface area contributed by atoms with Crippen molar-refractivity contribution in [3.63, 3.8) is 0 Å². The third kappa shape index (κ3) is 1.55. The average molecular weight is 247 g/mol. The van der Waals surface area contributed by atoms with E-state index in [1.807, 2.05) is 0 Å². The quantitative estimate of drug-likeness (QED) is 0.663. The zero-order chi connectivity index (χ0) is 13.4. The molecule has 1 N–H and O–H groups in total. The molecule has 2 aromatic rings. The minimum Gasteiger partial charge on any atom is -0.495 e. The van der Waals surface area contributed by atoms with Gasteiger partial charge in [0.2, 0.25) is 0 Å². The summed E-state index contributed by atoms with van der Waals surface area (Å²) in [5.74, 6) is -1.73. The largest absolute Gasteiger partial charge is 0.495 e. The maximum absolute atomic E-state index is 11.7. The Kier molecular flexibility index (Phi) is 2.82. The lowest BCUT2D eigenvalue weighted by atomic mass is 10.1. The number of para-hydroxylation sites is 1. The van der Waals surface area contributed by atoms with Crippen molar-refractivity contribution in [3.8, 4) is 5.75 Å². The van der Waals surface area contributed by atoms with E-state index < -0.39 is 11.8 Å². The monoisotopic (exact) mass is 247 g/mol. The van der Waals surface area contributed by atoms with Crippen molar-refractivity contribution in [3.05, 3.63) is 29.5 Å². The molecule has 0 aliphatic rings. The van der Waals surface area contributed by atoms with E-state index in [1.54, 1.807) is 36.7 Å². The third-order valence-corrected chi connectivity index (χ3v) is 3.11. The molecule has 0 saturated heterocycles. The summed E-state index contributed by atoms with van der Waals surface area (Å²) in [7, 11) is 3.31. The molecule has 0 unspecified atom stereocenters. The van der Waals surface area contributed by atoms with Crippen molar-refractivity contribution >= 4 is 22.7 Å². The first-order chi connectivity index (χ1) is 8.49. The number of fused-ring (bicyclic) bond motifs is 1. The van der Waals surface area contributed by atoms with Crippen molar-refractivity contribution in [2.45, 2.75) is 6.92 Å². The molecule has 0 aliphatic carbocycles. The minimum atomic E-state index is -1.45. The third-order valence-electron chi connectivity index (χ3n) is 3.11. The Hall–Kier alpha value is -2.30.